The molecule has 0 aliphatic carbocycles. The van der Waals surface area contributed by atoms with Crippen LogP contribution in [0.5, 0.6) is 11.5 Å². The number of nitrogens with two attached hydrogens (primary N) is 1. The Kier molecular flexibility index (Phi) is 3.63. The average molecular weight is 245 g/mol. The molecule has 0 fully saturated rings. The molecule has 0 amide bonds. The van der Waals surface area contributed by atoms with Crippen LogP contribution >= 0.6 is 0 Å². The SMILES string of the molecule is Cc1ccccc1Oc1ccc([C@H](C)N)cc1F. The van der Waals surface area contributed by atoms with Gasteiger partial charge in [0.05, 0.1) is 0 Å². The lowest BCUT2D eigenvalue weighted by molar-refractivity contribution is 0.438. The minimum absolute atomic E-state index is 0.188. The van der Waals surface area contributed by atoms with E-state index in [-0.39, 0.29) is 11.8 Å². The van der Waals surface area contributed by atoms with E-state index in [0.29, 0.717) is 5.75 Å². The van der Waals surface area contributed by atoms with Gasteiger partial charge in [0.2, 0.25) is 0 Å². The van der Waals surface area contributed by atoms with E-state index in [2.05, 4.69) is 0 Å². The summed E-state index contributed by atoms with van der Waals surface area (Å²) in [6.07, 6.45) is 0. The molecule has 0 radical (unpaired) electrons. The Labute approximate surface area is 106 Å². The number of ether oxygens (including phenoxy) is 1. The van der Waals surface area contributed by atoms with Crippen LogP contribution in [0, 0.1) is 12.7 Å². The van der Waals surface area contributed by atoms with Crippen molar-refractivity contribution in [3.8, 4) is 11.5 Å². The monoisotopic (exact) mass is 245 g/mol. The average Bonchev–Trinajstić information content (AvgIpc) is 2.34. The van der Waals surface area contributed by atoms with Gasteiger partial charge >= 0.3 is 0 Å². The molecular weight excluding hydrogens is 229 g/mol. The summed E-state index contributed by atoms with van der Waals surface area (Å²) in [4.78, 5) is 0. The number of benzene rings is 2. The first-order valence-corrected chi connectivity index (χ1v) is 5.86. The Balaban J connectivity index is 2.28. The van der Waals surface area contributed by atoms with Crippen LogP contribution in [0.4, 0.5) is 4.39 Å². The summed E-state index contributed by atoms with van der Waals surface area (Å²) in [7, 11) is 0. The molecule has 0 spiro atoms. The number of hydrogen-bond acceptors (Lipinski definition) is 2. The largest absolute Gasteiger partial charge is 0.454 e. The number of aryl methyl sites for hydroxylation is 1. The lowest BCUT2D eigenvalue weighted by Crippen LogP contribution is -2.05. The second-order valence-electron chi connectivity index (χ2n) is 4.35. The van der Waals surface area contributed by atoms with Gasteiger partial charge in [-0.05, 0) is 43.2 Å². The number of rotatable bonds is 3. The van der Waals surface area contributed by atoms with Gasteiger partial charge < -0.3 is 10.5 Å². The molecule has 0 unspecified atom stereocenters. The molecule has 0 aromatic heterocycles. The maximum absolute atomic E-state index is 13.8. The third-order valence-electron chi connectivity index (χ3n) is 2.80. The van der Waals surface area contributed by atoms with Gasteiger partial charge in [-0.3, -0.25) is 0 Å². The van der Waals surface area contributed by atoms with Gasteiger partial charge in [0.25, 0.3) is 0 Å². The van der Waals surface area contributed by atoms with Crippen molar-refractivity contribution in [3.63, 3.8) is 0 Å². The van der Waals surface area contributed by atoms with Crippen LogP contribution in [0.1, 0.15) is 24.1 Å². The quantitative estimate of drug-likeness (QED) is 0.888. The van der Waals surface area contributed by atoms with Crippen LogP contribution in [0.25, 0.3) is 0 Å². The van der Waals surface area contributed by atoms with Gasteiger partial charge in [-0.25, -0.2) is 4.39 Å². The molecule has 94 valence electrons. The fourth-order valence-corrected chi connectivity index (χ4v) is 1.67. The van der Waals surface area contributed by atoms with E-state index in [1.165, 1.54) is 6.07 Å². The van der Waals surface area contributed by atoms with Crippen LogP contribution < -0.4 is 10.5 Å². The summed E-state index contributed by atoms with van der Waals surface area (Å²) in [5, 5.41) is 0. The minimum atomic E-state index is -0.395. The van der Waals surface area contributed by atoms with Crippen molar-refractivity contribution in [2.45, 2.75) is 19.9 Å². The van der Waals surface area contributed by atoms with Crippen molar-refractivity contribution in [1.29, 1.82) is 0 Å². The van der Waals surface area contributed by atoms with Crippen LogP contribution in [0.3, 0.4) is 0 Å². The summed E-state index contributed by atoms with van der Waals surface area (Å²) >= 11 is 0. The minimum Gasteiger partial charge on any atom is -0.454 e. The maximum atomic E-state index is 13.8. The van der Waals surface area contributed by atoms with Crippen molar-refractivity contribution in [2.75, 3.05) is 0 Å². The van der Waals surface area contributed by atoms with E-state index in [1.54, 1.807) is 12.1 Å². The fourth-order valence-electron chi connectivity index (χ4n) is 1.67. The summed E-state index contributed by atoms with van der Waals surface area (Å²) in [6, 6.07) is 12.1. The Bertz CT molecular complexity index is 552. The zero-order chi connectivity index (χ0) is 13.1. The van der Waals surface area contributed by atoms with Crippen LogP contribution in [0.15, 0.2) is 42.5 Å². The highest BCUT2D eigenvalue weighted by Crippen LogP contribution is 2.28. The van der Waals surface area contributed by atoms with Crippen molar-refractivity contribution in [1.82, 2.24) is 0 Å². The molecule has 0 saturated carbocycles. The number of halogens is 1. The van der Waals surface area contributed by atoms with E-state index in [9.17, 15) is 4.39 Å². The van der Waals surface area contributed by atoms with E-state index in [1.807, 2.05) is 38.1 Å². The highest BCUT2D eigenvalue weighted by atomic mass is 19.1. The molecule has 0 aliphatic rings. The van der Waals surface area contributed by atoms with Gasteiger partial charge in [0.15, 0.2) is 11.6 Å². The molecule has 2 rings (SSSR count). The maximum Gasteiger partial charge on any atom is 0.166 e. The zero-order valence-corrected chi connectivity index (χ0v) is 10.5. The highest BCUT2D eigenvalue weighted by molar-refractivity contribution is 5.38. The summed E-state index contributed by atoms with van der Waals surface area (Å²) < 4.78 is 19.4. The predicted molar refractivity (Wildman–Crippen MR) is 70.3 cm³/mol. The molecule has 0 aliphatic heterocycles. The van der Waals surface area contributed by atoms with Crippen LogP contribution in [-0.4, -0.2) is 0 Å². The first-order valence-electron chi connectivity index (χ1n) is 5.86. The molecule has 2 aromatic carbocycles. The first kappa shape index (κ1) is 12.6. The summed E-state index contributed by atoms with van der Waals surface area (Å²) in [5.74, 6) is 0.478. The Morgan fingerprint density at radius 1 is 1.11 bits per heavy atom. The smallest absolute Gasteiger partial charge is 0.166 e. The van der Waals surface area contributed by atoms with Crippen molar-refractivity contribution in [2.24, 2.45) is 5.73 Å². The second kappa shape index (κ2) is 5.19. The second-order valence-corrected chi connectivity index (χ2v) is 4.35. The van der Waals surface area contributed by atoms with Crippen molar-refractivity contribution >= 4 is 0 Å². The first-order chi connectivity index (χ1) is 8.58. The van der Waals surface area contributed by atoms with Gasteiger partial charge in [-0.1, -0.05) is 24.3 Å². The predicted octanol–water partition coefficient (Wildman–Crippen LogP) is 3.95. The van der Waals surface area contributed by atoms with Gasteiger partial charge in [-0.15, -0.1) is 0 Å². The molecule has 0 bridgehead atoms. The fraction of sp³-hybridized carbons (Fsp3) is 0.200. The standard InChI is InChI=1S/C15H16FNO/c1-10-5-3-4-6-14(10)18-15-8-7-12(11(2)17)9-13(15)16/h3-9,11H,17H2,1-2H3/t11-/m0/s1. The van der Waals surface area contributed by atoms with Gasteiger partial charge in [0, 0.05) is 6.04 Å². The van der Waals surface area contributed by atoms with Crippen LogP contribution in [-0.2, 0) is 0 Å². The third-order valence-corrected chi connectivity index (χ3v) is 2.80. The molecule has 2 aromatic rings. The van der Waals surface area contributed by atoms with Gasteiger partial charge in [0.1, 0.15) is 5.75 Å². The highest BCUT2D eigenvalue weighted by Gasteiger charge is 2.09. The molecule has 3 heteroatoms. The molecule has 18 heavy (non-hydrogen) atoms. The third kappa shape index (κ3) is 2.68. The lowest BCUT2D eigenvalue weighted by Gasteiger charge is -2.11. The normalized spacial score (nSPS) is 12.2. The molecule has 2 N–H and O–H groups in total. The number of hydrogen-bond donors (Lipinski definition) is 1. The topological polar surface area (TPSA) is 35.2 Å². The van der Waals surface area contributed by atoms with Crippen LogP contribution in [0.2, 0.25) is 0 Å². The Hall–Kier alpha value is -1.87. The molecule has 1 atom stereocenters. The Morgan fingerprint density at radius 2 is 1.83 bits per heavy atom. The number of para-hydroxylation sites is 1. The molecule has 0 saturated heterocycles. The van der Waals surface area contributed by atoms with E-state index in [0.717, 1.165) is 11.1 Å². The molecule has 0 heterocycles. The molecule has 2 nitrogen and oxygen atoms in total. The Morgan fingerprint density at radius 3 is 2.44 bits per heavy atom. The van der Waals surface area contributed by atoms with E-state index >= 15 is 0 Å². The lowest BCUT2D eigenvalue weighted by atomic mass is 10.1. The van der Waals surface area contributed by atoms with E-state index in [4.69, 9.17) is 10.5 Å². The van der Waals surface area contributed by atoms with Gasteiger partial charge in [-0.2, -0.15) is 0 Å². The van der Waals surface area contributed by atoms with Crippen molar-refractivity contribution < 1.29 is 9.13 Å². The van der Waals surface area contributed by atoms with E-state index < -0.39 is 5.82 Å². The summed E-state index contributed by atoms with van der Waals surface area (Å²) in [6.45, 7) is 3.74. The molecular formula is C15H16FNO. The zero-order valence-electron chi connectivity index (χ0n) is 10.5. The van der Waals surface area contributed by atoms with Crippen molar-refractivity contribution in [3.05, 3.63) is 59.4 Å². The summed E-state index contributed by atoms with van der Waals surface area (Å²) in [5.41, 5.74) is 7.42.